The van der Waals surface area contributed by atoms with E-state index in [1.54, 1.807) is 18.2 Å². The quantitative estimate of drug-likeness (QED) is 0.402. The molecule has 3 heterocycles. The number of fused-ring (bicyclic) bond motifs is 1. The van der Waals surface area contributed by atoms with E-state index in [4.69, 9.17) is 16.0 Å². The third kappa shape index (κ3) is 5.68. The summed E-state index contributed by atoms with van der Waals surface area (Å²) in [5, 5.41) is 16.0. The molecule has 2 fully saturated rings. The summed E-state index contributed by atoms with van der Waals surface area (Å²) in [5.74, 6) is -0.587. The lowest BCUT2D eigenvalue weighted by molar-refractivity contribution is -0.136. The van der Waals surface area contributed by atoms with Crippen LogP contribution in [-0.4, -0.2) is 52.4 Å². The third-order valence-corrected chi connectivity index (χ3v) is 7.66. The van der Waals surface area contributed by atoms with Crippen LogP contribution in [0.1, 0.15) is 54.6 Å². The zero-order valence-electron chi connectivity index (χ0n) is 21.0. The van der Waals surface area contributed by atoms with Crippen molar-refractivity contribution in [2.45, 2.75) is 44.9 Å². The molecule has 5 rings (SSSR count). The van der Waals surface area contributed by atoms with Crippen molar-refractivity contribution in [3.63, 3.8) is 0 Å². The first-order chi connectivity index (χ1) is 18.4. The van der Waals surface area contributed by atoms with Crippen LogP contribution in [0.4, 0.5) is 11.5 Å². The van der Waals surface area contributed by atoms with E-state index >= 15 is 0 Å². The second kappa shape index (κ2) is 11.5. The first-order valence-electron chi connectivity index (χ1n) is 13.1. The smallest absolute Gasteiger partial charge is 0.294 e. The molecule has 3 N–H and O–H groups in total. The highest BCUT2D eigenvalue weighted by Crippen LogP contribution is 2.36. The van der Waals surface area contributed by atoms with Gasteiger partial charge in [0.05, 0.1) is 5.02 Å². The summed E-state index contributed by atoms with van der Waals surface area (Å²) in [7, 11) is 0. The first kappa shape index (κ1) is 26.2. The number of furan rings is 1. The minimum absolute atomic E-state index is 0.0267. The van der Waals surface area contributed by atoms with E-state index in [9.17, 15) is 19.5 Å². The number of pyridine rings is 1. The number of amides is 3. The number of benzene rings is 1. The number of carbonyl (C=O) groups excluding carboxylic acids is 3. The summed E-state index contributed by atoms with van der Waals surface area (Å²) in [6.45, 7) is 1.64. The third-order valence-electron chi connectivity index (χ3n) is 7.44. The van der Waals surface area contributed by atoms with Gasteiger partial charge >= 0.3 is 0 Å². The maximum absolute atomic E-state index is 13.4. The zero-order valence-corrected chi connectivity index (χ0v) is 21.8. The Hall–Kier alpha value is -3.43. The van der Waals surface area contributed by atoms with Crippen molar-refractivity contribution >= 4 is 51.8 Å². The standard InChI is InChI=1S/C28H31ClN4O5/c29-20-8-10-23(30-16-20)31-27(36)25-24(21-15-17(11-14-34)3-9-22(21)38-25)32-26(35)18-4-6-19(7-5-18)28(37)33-12-1-2-13-33/h3,8-10,15-16,18-19,34H,1-2,4-7,11-14H2,(H,32,35)(H,30,31,36)/t18-,19-. The number of aliphatic hydroxyl groups excluding tert-OH is 1. The van der Waals surface area contributed by atoms with Gasteiger partial charge in [-0.2, -0.15) is 0 Å². The number of carbonyl (C=O) groups is 3. The van der Waals surface area contributed by atoms with Crippen LogP contribution in [0.3, 0.4) is 0 Å². The number of rotatable bonds is 7. The van der Waals surface area contributed by atoms with Gasteiger partial charge in [-0.25, -0.2) is 4.98 Å². The van der Waals surface area contributed by atoms with E-state index in [2.05, 4.69) is 15.6 Å². The van der Waals surface area contributed by atoms with Gasteiger partial charge in [0.1, 0.15) is 17.1 Å². The molecule has 1 aliphatic carbocycles. The van der Waals surface area contributed by atoms with Gasteiger partial charge in [-0.1, -0.05) is 17.7 Å². The van der Waals surface area contributed by atoms with Crippen molar-refractivity contribution in [3.05, 3.63) is 52.9 Å². The molecule has 3 amide bonds. The van der Waals surface area contributed by atoms with E-state index in [0.717, 1.165) is 31.5 Å². The highest BCUT2D eigenvalue weighted by Gasteiger charge is 2.34. The molecule has 2 aromatic heterocycles. The predicted molar refractivity (Wildman–Crippen MR) is 144 cm³/mol. The van der Waals surface area contributed by atoms with E-state index in [-0.39, 0.29) is 41.7 Å². The summed E-state index contributed by atoms with van der Waals surface area (Å²) in [6, 6.07) is 8.53. The molecule has 1 aromatic carbocycles. The fraction of sp³-hybridized carbons (Fsp3) is 0.429. The van der Waals surface area contributed by atoms with Crippen LogP contribution in [0, 0.1) is 11.8 Å². The van der Waals surface area contributed by atoms with Crippen LogP contribution in [0.25, 0.3) is 11.0 Å². The Morgan fingerprint density at radius 1 is 1.03 bits per heavy atom. The molecule has 0 spiro atoms. The SMILES string of the molecule is O=C(Nc1ccc(Cl)cn1)c1oc2ccc(CCO)cc2c1NC(=O)[C@H]1CC[C@H](C(=O)N2CCCC2)CC1. The molecule has 1 aliphatic heterocycles. The zero-order chi connectivity index (χ0) is 26.6. The van der Waals surface area contributed by atoms with E-state index in [1.807, 2.05) is 17.0 Å². The monoisotopic (exact) mass is 538 g/mol. The van der Waals surface area contributed by atoms with Crippen LogP contribution in [0.15, 0.2) is 40.9 Å². The summed E-state index contributed by atoms with van der Waals surface area (Å²) in [5.41, 5.74) is 1.58. The van der Waals surface area contributed by atoms with E-state index in [1.165, 1.54) is 6.20 Å². The average Bonchev–Trinajstić information content (AvgIpc) is 3.59. The second-order valence-electron chi connectivity index (χ2n) is 10.00. The van der Waals surface area contributed by atoms with Gasteiger partial charge in [0.25, 0.3) is 5.91 Å². The molecule has 1 saturated heterocycles. The lowest BCUT2D eigenvalue weighted by atomic mass is 9.81. The molecular formula is C28H31ClN4O5. The van der Waals surface area contributed by atoms with Crippen molar-refractivity contribution in [2.24, 2.45) is 11.8 Å². The second-order valence-corrected chi connectivity index (χ2v) is 10.4. The molecule has 200 valence electrons. The van der Waals surface area contributed by atoms with E-state index < -0.39 is 5.91 Å². The Morgan fingerprint density at radius 2 is 1.76 bits per heavy atom. The van der Waals surface area contributed by atoms with Crippen LogP contribution < -0.4 is 10.6 Å². The maximum Gasteiger partial charge on any atom is 0.294 e. The number of nitrogens with one attached hydrogen (secondary N) is 2. The number of likely N-dealkylation sites (tertiary alicyclic amines) is 1. The number of nitrogens with zero attached hydrogens (tertiary/aromatic N) is 2. The maximum atomic E-state index is 13.4. The summed E-state index contributed by atoms with van der Waals surface area (Å²) in [6.07, 6.45) is 6.55. The Labute approximate surface area is 225 Å². The minimum Gasteiger partial charge on any atom is -0.449 e. The Bertz CT molecular complexity index is 1330. The summed E-state index contributed by atoms with van der Waals surface area (Å²) in [4.78, 5) is 45.4. The van der Waals surface area contributed by atoms with Crippen LogP contribution >= 0.6 is 11.6 Å². The molecule has 3 aromatic rings. The lowest BCUT2D eigenvalue weighted by Crippen LogP contribution is -2.37. The van der Waals surface area contributed by atoms with Crippen LogP contribution in [-0.2, 0) is 16.0 Å². The van der Waals surface area contributed by atoms with Gasteiger partial charge < -0.3 is 25.1 Å². The number of anilines is 2. The highest BCUT2D eigenvalue weighted by molar-refractivity contribution is 6.30. The Kier molecular flexibility index (Phi) is 7.95. The molecule has 0 bridgehead atoms. The van der Waals surface area contributed by atoms with Crippen LogP contribution in [0.5, 0.6) is 0 Å². The molecule has 38 heavy (non-hydrogen) atoms. The normalized spacial score (nSPS) is 19.5. The molecular weight excluding hydrogens is 508 g/mol. The van der Waals surface area contributed by atoms with E-state index in [0.29, 0.717) is 53.9 Å². The van der Waals surface area contributed by atoms with Gasteiger partial charge in [-0.05, 0) is 74.8 Å². The summed E-state index contributed by atoms with van der Waals surface area (Å²) < 4.78 is 5.89. The van der Waals surface area contributed by atoms with Crippen molar-refractivity contribution < 1.29 is 23.9 Å². The fourth-order valence-corrected chi connectivity index (χ4v) is 5.47. The van der Waals surface area contributed by atoms with Gasteiger partial charge in [-0.3, -0.25) is 14.4 Å². The van der Waals surface area contributed by atoms with Gasteiger partial charge in [0.15, 0.2) is 0 Å². The van der Waals surface area contributed by atoms with Crippen molar-refractivity contribution in [1.29, 1.82) is 0 Å². The number of aromatic nitrogens is 1. The number of halogens is 1. The topological polar surface area (TPSA) is 125 Å². The molecule has 9 nitrogen and oxygen atoms in total. The molecule has 10 heteroatoms. The number of hydrogen-bond donors (Lipinski definition) is 3. The number of hydrogen-bond acceptors (Lipinski definition) is 6. The fourth-order valence-electron chi connectivity index (χ4n) is 5.36. The summed E-state index contributed by atoms with van der Waals surface area (Å²) >= 11 is 5.89. The van der Waals surface area contributed by atoms with Crippen molar-refractivity contribution in [1.82, 2.24) is 9.88 Å². The molecule has 0 radical (unpaired) electrons. The lowest BCUT2D eigenvalue weighted by Gasteiger charge is -2.29. The molecule has 1 saturated carbocycles. The predicted octanol–water partition coefficient (Wildman–Crippen LogP) is 4.64. The molecule has 2 aliphatic rings. The largest absolute Gasteiger partial charge is 0.449 e. The van der Waals surface area contributed by atoms with Gasteiger partial charge in [0.2, 0.25) is 17.6 Å². The Morgan fingerprint density at radius 3 is 2.45 bits per heavy atom. The van der Waals surface area contributed by atoms with Gasteiger partial charge in [-0.15, -0.1) is 0 Å². The molecule has 0 unspecified atom stereocenters. The average molecular weight is 539 g/mol. The highest BCUT2D eigenvalue weighted by atomic mass is 35.5. The minimum atomic E-state index is -0.560. The number of aliphatic hydroxyl groups is 1. The van der Waals surface area contributed by atoms with Gasteiger partial charge in [0, 0.05) is 43.1 Å². The van der Waals surface area contributed by atoms with Crippen LogP contribution in [0.2, 0.25) is 5.02 Å². The van der Waals surface area contributed by atoms with Crippen molar-refractivity contribution in [3.8, 4) is 0 Å². The van der Waals surface area contributed by atoms with Crippen molar-refractivity contribution in [2.75, 3.05) is 30.3 Å². The first-order valence-corrected chi connectivity index (χ1v) is 13.5. The molecule has 0 atom stereocenters. The Balaban J connectivity index is 1.34.